The van der Waals surface area contributed by atoms with Crippen molar-refractivity contribution in [1.29, 1.82) is 0 Å². The fraction of sp³-hybridized carbons (Fsp3) is 0.440. The summed E-state index contributed by atoms with van der Waals surface area (Å²) in [5, 5.41) is 7.88. The van der Waals surface area contributed by atoms with E-state index in [1.807, 2.05) is 0 Å². The van der Waals surface area contributed by atoms with Crippen LogP contribution in [0.2, 0.25) is 0 Å². The quantitative estimate of drug-likeness (QED) is 0.465. The molecule has 1 heterocycles. The number of amides is 1. The molecule has 0 saturated carbocycles. The highest BCUT2D eigenvalue weighted by molar-refractivity contribution is 7.90. The number of nitrogens with one attached hydrogen (secondary N) is 3. The van der Waals surface area contributed by atoms with Crippen molar-refractivity contribution in [3.05, 3.63) is 54.1 Å². The molecular formula is C25H30F3N3O4S. The van der Waals surface area contributed by atoms with Crippen LogP contribution in [0.25, 0.3) is 11.1 Å². The number of hydrogen-bond acceptors (Lipinski definition) is 6. The average Bonchev–Trinajstić information content (AvgIpc) is 3.19. The number of ketones is 1. The van der Waals surface area contributed by atoms with Crippen LogP contribution in [0, 0.1) is 5.92 Å². The summed E-state index contributed by atoms with van der Waals surface area (Å²) in [5.74, 6) is -0.932. The number of carbonyl (C=O) groups excluding carboxylic acids is 2. The summed E-state index contributed by atoms with van der Waals surface area (Å²) in [6, 6.07) is 7.75. The first kappa shape index (κ1) is 27.8. The molecular weight excluding hydrogens is 495 g/mol. The molecule has 3 atom stereocenters. The van der Waals surface area contributed by atoms with Crippen LogP contribution in [0.3, 0.4) is 0 Å². The van der Waals surface area contributed by atoms with Crippen molar-refractivity contribution in [3.63, 3.8) is 0 Å². The summed E-state index contributed by atoms with van der Waals surface area (Å²) in [4.78, 5) is 24.9. The van der Waals surface area contributed by atoms with Crippen LogP contribution in [0.4, 0.5) is 13.2 Å². The van der Waals surface area contributed by atoms with Gasteiger partial charge in [-0.2, -0.15) is 13.2 Å². The summed E-state index contributed by atoms with van der Waals surface area (Å²) in [6.07, 6.45) is -3.44. The van der Waals surface area contributed by atoms with Gasteiger partial charge in [0.15, 0.2) is 15.6 Å². The van der Waals surface area contributed by atoms with Crippen molar-refractivity contribution in [2.75, 3.05) is 19.3 Å². The second-order valence-electron chi connectivity index (χ2n) is 9.40. The van der Waals surface area contributed by atoms with Crippen molar-refractivity contribution in [3.8, 4) is 11.1 Å². The van der Waals surface area contributed by atoms with Gasteiger partial charge in [0.2, 0.25) is 5.91 Å². The van der Waals surface area contributed by atoms with Gasteiger partial charge < -0.3 is 10.6 Å². The van der Waals surface area contributed by atoms with E-state index in [9.17, 15) is 31.2 Å². The first-order valence-corrected chi connectivity index (χ1v) is 13.4. The average molecular weight is 526 g/mol. The minimum atomic E-state index is -4.68. The zero-order valence-corrected chi connectivity index (χ0v) is 21.0. The zero-order valence-electron chi connectivity index (χ0n) is 20.2. The Bertz CT molecular complexity index is 1180. The number of benzene rings is 2. The maximum atomic E-state index is 14.1. The lowest BCUT2D eigenvalue weighted by Crippen LogP contribution is -2.53. The van der Waals surface area contributed by atoms with Crippen LogP contribution in [0.5, 0.6) is 0 Å². The number of carbonyl (C=O) groups is 2. The Morgan fingerprint density at radius 2 is 1.61 bits per heavy atom. The Morgan fingerprint density at radius 3 is 2.06 bits per heavy atom. The molecule has 1 saturated heterocycles. The van der Waals surface area contributed by atoms with Crippen LogP contribution in [-0.2, 0) is 19.4 Å². The summed E-state index contributed by atoms with van der Waals surface area (Å²) >= 11 is 0. The number of halogens is 3. The number of alkyl halides is 3. The van der Waals surface area contributed by atoms with Gasteiger partial charge in [0, 0.05) is 12.8 Å². The van der Waals surface area contributed by atoms with E-state index in [2.05, 4.69) is 16.0 Å². The molecule has 36 heavy (non-hydrogen) atoms. The highest BCUT2D eigenvalue weighted by Crippen LogP contribution is 2.34. The highest BCUT2D eigenvalue weighted by atomic mass is 32.2. The Labute approximate surface area is 208 Å². The van der Waals surface area contributed by atoms with Gasteiger partial charge in [0.25, 0.3) is 0 Å². The molecule has 3 rings (SSSR count). The van der Waals surface area contributed by atoms with Crippen molar-refractivity contribution >= 4 is 21.5 Å². The molecule has 1 aliphatic rings. The van der Waals surface area contributed by atoms with Gasteiger partial charge in [-0.3, -0.25) is 14.9 Å². The second-order valence-corrected chi connectivity index (χ2v) is 11.4. The molecule has 1 fully saturated rings. The fourth-order valence-corrected chi connectivity index (χ4v) is 4.68. The van der Waals surface area contributed by atoms with Gasteiger partial charge in [-0.05, 0) is 41.2 Å². The van der Waals surface area contributed by atoms with E-state index in [1.54, 1.807) is 26.0 Å². The predicted molar refractivity (Wildman–Crippen MR) is 130 cm³/mol. The maximum Gasteiger partial charge on any atom is 0.407 e. The summed E-state index contributed by atoms with van der Waals surface area (Å²) in [6.45, 7) is 3.96. The van der Waals surface area contributed by atoms with Crippen LogP contribution < -0.4 is 16.0 Å². The summed E-state index contributed by atoms with van der Waals surface area (Å²) in [7, 11) is -3.36. The van der Waals surface area contributed by atoms with Crippen LogP contribution >= 0.6 is 0 Å². The molecule has 1 aliphatic heterocycles. The van der Waals surface area contributed by atoms with Gasteiger partial charge in [-0.15, -0.1) is 0 Å². The smallest absolute Gasteiger partial charge is 0.344 e. The van der Waals surface area contributed by atoms with Crippen molar-refractivity contribution in [2.24, 2.45) is 5.92 Å². The molecule has 1 amide bonds. The minimum Gasteiger partial charge on any atom is -0.344 e. The lowest BCUT2D eigenvalue weighted by Gasteiger charge is -2.29. The van der Waals surface area contributed by atoms with Crippen molar-refractivity contribution < 1.29 is 31.2 Å². The van der Waals surface area contributed by atoms with E-state index in [1.165, 1.54) is 36.4 Å². The topological polar surface area (TPSA) is 104 Å². The molecule has 196 valence electrons. The largest absolute Gasteiger partial charge is 0.407 e. The van der Waals surface area contributed by atoms with Crippen LogP contribution in [0.15, 0.2) is 53.4 Å². The predicted octanol–water partition coefficient (Wildman–Crippen LogP) is 3.02. The van der Waals surface area contributed by atoms with Crippen LogP contribution in [0.1, 0.15) is 31.9 Å². The number of rotatable bonds is 9. The molecule has 2 aromatic rings. The minimum absolute atomic E-state index is 0.0702. The van der Waals surface area contributed by atoms with Crippen molar-refractivity contribution in [2.45, 2.75) is 49.5 Å². The third-order valence-corrected chi connectivity index (χ3v) is 7.06. The van der Waals surface area contributed by atoms with Gasteiger partial charge in [-0.25, -0.2) is 8.42 Å². The van der Waals surface area contributed by atoms with E-state index < -0.39 is 40.0 Å². The molecule has 0 bridgehead atoms. The molecule has 0 unspecified atom stereocenters. The van der Waals surface area contributed by atoms with Gasteiger partial charge in [0.05, 0.1) is 17.5 Å². The molecule has 0 spiro atoms. The van der Waals surface area contributed by atoms with E-state index in [4.69, 9.17) is 0 Å². The first-order valence-electron chi connectivity index (χ1n) is 11.5. The van der Waals surface area contributed by atoms with E-state index in [0.717, 1.165) is 6.26 Å². The normalized spacial score (nSPS) is 18.3. The van der Waals surface area contributed by atoms with Crippen LogP contribution in [-0.4, -0.2) is 57.7 Å². The van der Waals surface area contributed by atoms with Gasteiger partial charge in [-0.1, -0.05) is 50.2 Å². The lowest BCUT2D eigenvalue weighted by molar-refractivity contribution is -0.161. The third kappa shape index (κ3) is 7.14. The summed E-state index contributed by atoms with van der Waals surface area (Å²) < 4.78 is 65.6. The van der Waals surface area contributed by atoms with E-state index in [0.29, 0.717) is 11.1 Å². The number of Topliss-reactive ketones (excluding diaryl/α,β-unsaturated/α-hetero) is 1. The number of sulfone groups is 1. The second kappa shape index (κ2) is 11.1. The Hall–Kier alpha value is -2.76. The molecule has 0 radical (unpaired) electrons. The summed E-state index contributed by atoms with van der Waals surface area (Å²) in [5.41, 5.74) is 1.19. The molecule has 2 aromatic carbocycles. The van der Waals surface area contributed by atoms with Gasteiger partial charge in [0.1, 0.15) is 12.1 Å². The molecule has 3 N–H and O–H groups in total. The standard InChI is InChI=1S/C25H30F3N3O4S/c1-15(2)12-20(24(33)31-21-13-29-14-22(21)32)30-23(25(26,27)28)18-6-4-16(5-7-18)17-8-10-19(11-9-17)36(3,34)35/h4-11,15,20-21,23,29-30H,12-14H2,1-3H3,(H,31,33)/t20-,21-,23-/m0/s1. The zero-order chi connectivity index (χ0) is 26.7. The first-order chi connectivity index (χ1) is 16.8. The fourth-order valence-electron chi connectivity index (χ4n) is 4.05. The lowest BCUT2D eigenvalue weighted by atomic mass is 9.97. The van der Waals surface area contributed by atoms with Gasteiger partial charge >= 0.3 is 6.18 Å². The Balaban J connectivity index is 1.82. The third-order valence-electron chi connectivity index (χ3n) is 5.93. The van der Waals surface area contributed by atoms with Crippen molar-refractivity contribution in [1.82, 2.24) is 16.0 Å². The molecule has 7 nitrogen and oxygen atoms in total. The Morgan fingerprint density at radius 1 is 1.06 bits per heavy atom. The van der Waals surface area contributed by atoms with E-state index in [-0.39, 0.29) is 41.7 Å². The van der Waals surface area contributed by atoms with E-state index >= 15 is 0 Å². The molecule has 11 heteroatoms. The number of hydrogen-bond donors (Lipinski definition) is 3. The highest BCUT2D eigenvalue weighted by Gasteiger charge is 2.43. The maximum absolute atomic E-state index is 14.1. The molecule has 0 aliphatic carbocycles. The SMILES string of the molecule is CC(C)C[C@H](N[C@@H](c1ccc(-c2ccc(S(C)(=O)=O)cc2)cc1)C(F)(F)F)C(=O)N[C@H]1CNCC1=O. The Kier molecular flexibility index (Phi) is 8.58. The monoisotopic (exact) mass is 525 g/mol. The molecule has 0 aromatic heterocycles.